The molecular formula is C18H22N2O5S4. The molecule has 0 aromatic carbocycles. The van der Waals surface area contributed by atoms with E-state index in [-0.39, 0.29) is 15.5 Å². The summed E-state index contributed by atoms with van der Waals surface area (Å²) in [5, 5.41) is 1.76. The van der Waals surface area contributed by atoms with Crippen LogP contribution in [0.5, 0.6) is 0 Å². The van der Waals surface area contributed by atoms with E-state index in [1.807, 2.05) is 0 Å². The number of thiophene rings is 2. The third-order valence-electron chi connectivity index (χ3n) is 5.76. The molecule has 0 bridgehead atoms. The van der Waals surface area contributed by atoms with Crippen LogP contribution < -0.4 is 0 Å². The van der Waals surface area contributed by atoms with Gasteiger partial charge >= 0.3 is 0 Å². The lowest BCUT2D eigenvalue weighted by Gasteiger charge is -2.38. The number of carbonyl (C=O) groups excluding carboxylic acids is 1. The Labute approximate surface area is 178 Å². The van der Waals surface area contributed by atoms with E-state index in [2.05, 4.69) is 0 Å². The highest BCUT2D eigenvalue weighted by atomic mass is 32.2. The molecule has 2 aromatic heterocycles. The first-order chi connectivity index (χ1) is 13.6. The summed E-state index contributed by atoms with van der Waals surface area (Å²) in [6.07, 6.45) is 3.42. The van der Waals surface area contributed by atoms with Gasteiger partial charge in [0.2, 0.25) is 0 Å². The summed E-state index contributed by atoms with van der Waals surface area (Å²) in [6.45, 7) is 2.12. The first kappa shape index (κ1) is 21.0. The second-order valence-electron chi connectivity index (χ2n) is 7.70. The molecule has 1 spiro atoms. The van der Waals surface area contributed by atoms with Crippen LogP contribution >= 0.6 is 22.7 Å². The van der Waals surface area contributed by atoms with Gasteiger partial charge in [-0.15, -0.1) is 22.7 Å². The fraction of sp³-hybridized carbons (Fsp3) is 0.500. The lowest BCUT2D eigenvalue weighted by molar-refractivity contribution is 0.0755. The quantitative estimate of drug-likeness (QED) is 0.679. The van der Waals surface area contributed by atoms with Crippen molar-refractivity contribution in [1.29, 1.82) is 0 Å². The van der Waals surface area contributed by atoms with Crippen LogP contribution in [0.4, 0.5) is 0 Å². The van der Waals surface area contributed by atoms with E-state index < -0.39 is 19.9 Å². The average Bonchev–Trinajstić information content (AvgIpc) is 3.42. The third-order valence-corrected chi connectivity index (χ3v) is 11.9. The summed E-state index contributed by atoms with van der Waals surface area (Å²) in [4.78, 5) is 15.0. The Bertz CT molecular complexity index is 1110. The van der Waals surface area contributed by atoms with Crippen LogP contribution in [0, 0.1) is 5.41 Å². The lowest BCUT2D eigenvalue weighted by atomic mass is 9.78. The monoisotopic (exact) mass is 474 g/mol. The van der Waals surface area contributed by atoms with Crippen LogP contribution in [0.1, 0.15) is 28.9 Å². The highest BCUT2D eigenvalue weighted by Gasteiger charge is 2.44. The number of sulfonamides is 1. The minimum absolute atomic E-state index is 0.0615. The lowest BCUT2D eigenvalue weighted by Crippen LogP contribution is -2.44. The molecule has 0 unspecified atom stereocenters. The van der Waals surface area contributed by atoms with Gasteiger partial charge in [-0.1, -0.05) is 6.07 Å². The highest BCUT2D eigenvalue weighted by Crippen LogP contribution is 2.42. The van der Waals surface area contributed by atoms with Crippen molar-refractivity contribution < 1.29 is 21.6 Å². The number of amides is 1. The second-order valence-corrected chi connectivity index (χ2v) is 14.1. The Morgan fingerprint density at radius 3 is 2.28 bits per heavy atom. The van der Waals surface area contributed by atoms with Crippen LogP contribution in [-0.4, -0.2) is 64.4 Å². The molecule has 2 aliphatic heterocycles. The van der Waals surface area contributed by atoms with E-state index in [0.29, 0.717) is 35.3 Å². The van der Waals surface area contributed by atoms with E-state index in [1.54, 1.807) is 32.8 Å². The van der Waals surface area contributed by atoms with Crippen molar-refractivity contribution in [1.82, 2.24) is 9.21 Å². The molecule has 0 saturated carbocycles. The van der Waals surface area contributed by atoms with Gasteiger partial charge in [-0.2, -0.15) is 4.31 Å². The van der Waals surface area contributed by atoms with Gasteiger partial charge in [-0.25, -0.2) is 16.8 Å². The van der Waals surface area contributed by atoms with Crippen molar-refractivity contribution in [2.24, 2.45) is 5.41 Å². The maximum absolute atomic E-state index is 12.8. The van der Waals surface area contributed by atoms with Crippen LogP contribution in [0.25, 0.3) is 0 Å². The Morgan fingerprint density at radius 1 is 1.00 bits per heavy atom. The van der Waals surface area contributed by atoms with E-state index in [9.17, 15) is 21.6 Å². The van der Waals surface area contributed by atoms with Gasteiger partial charge < -0.3 is 4.90 Å². The Balaban J connectivity index is 1.41. The van der Waals surface area contributed by atoms with Gasteiger partial charge in [-0.05, 0) is 48.3 Å². The number of hydrogen-bond acceptors (Lipinski definition) is 7. The average molecular weight is 475 g/mol. The van der Waals surface area contributed by atoms with Crippen LogP contribution in [0.3, 0.4) is 0 Å². The molecule has 7 nitrogen and oxygen atoms in total. The number of sulfone groups is 1. The van der Waals surface area contributed by atoms with Gasteiger partial charge in [-0.3, -0.25) is 4.79 Å². The van der Waals surface area contributed by atoms with Crippen molar-refractivity contribution in [3.8, 4) is 0 Å². The number of carbonyl (C=O) groups is 1. The Morgan fingerprint density at radius 2 is 1.69 bits per heavy atom. The number of hydrogen-bond donors (Lipinski definition) is 0. The summed E-state index contributed by atoms with van der Waals surface area (Å²) in [7, 11) is -6.75. The van der Waals surface area contributed by atoms with Crippen LogP contribution in [0.2, 0.25) is 0 Å². The fourth-order valence-corrected chi connectivity index (χ4v) is 8.53. The molecule has 2 aliphatic rings. The van der Waals surface area contributed by atoms with Gasteiger partial charge in [0, 0.05) is 32.4 Å². The molecule has 4 heterocycles. The standard InChI is InChI=1S/C18H22N2O5S4/c1-28(22,23)16-5-4-14(27-16)17(21)19-9-6-18(13-19)7-10-20(11-8-18)29(24,25)15-3-2-12-26-15/h2-5,12H,6-11,13H2,1H3. The van der Waals surface area contributed by atoms with E-state index in [4.69, 9.17) is 0 Å². The van der Waals surface area contributed by atoms with Gasteiger partial charge in [0.1, 0.15) is 8.42 Å². The zero-order chi connectivity index (χ0) is 20.9. The topological polar surface area (TPSA) is 91.8 Å². The van der Waals surface area contributed by atoms with Crippen molar-refractivity contribution in [2.75, 3.05) is 32.4 Å². The first-order valence-electron chi connectivity index (χ1n) is 9.24. The zero-order valence-electron chi connectivity index (χ0n) is 15.9. The summed E-state index contributed by atoms with van der Waals surface area (Å²) < 4.78 is 50.9. The van der Waals surface area contributed by atoms with E-state index in [0.717, 1.165) is 36.9 Å². The summed E-state index contributed by atoms with van der Waals surface area (Å²) >= 11 is 2.24. The fourth-order valence-electron chi connectivity index (χ4n) is 4.05. The molecule has 2 saturated heterocycles. The predicted molar refractivity (Wildman–Crippen MR) is 113 cm³/mol. The molecule has 2 fully saturated rings. The van der Waals surface area contributed by atoms with Crippen molar-refractivity contribution in [3.63, 3.8) is 0 Å². The largest absolute Gasteiger partial charge is 0.337 e. The Kier molecular flexibility index (Phi) is 5.39. The molecule has 29 heavy (non-hydrogen) atoms. The van der Waals surface area contributed by atoms with Crippen molar-refractivity contribution in [2.45, 2.75) is 27.7 Å². The third kappa shape index (κ3) is 4.02. The maximum atomic E-state index is 12.8. The number of likely N-dealkylation sites (tertiary alicyclic amines) is 1. The predicted octanol–water partition coefficient (Wildman–Crippen LogP) is 2.53. The van der Waals surface area contributed by atoms with E-state index >= 15 is 0 Å². The molecule has 11 heteroatoms. The molecule has 2 aromatic rings. The minimum atomic E-state index is -3.43. The molecule has 0 N–H and O–H groups in total. The second kappa shape index (κ2) is 7.45. The molecule has 0 aliphatic carbocycles. The SMILES string of the molecule is CS(=O)(=O)c1ccc(C(=O)N2CCC3(CCN(S(=O)(=O)c4cccs4)CC3)C2)s1. The summed E-state index contributed by atoms with van der Waals surface area (Å²) in [5.74, 6) is -0.143. The zero-order valence-corrected chi connectivity index (χ0v) is 19.2. The molecule has 0 radical (unpaired) electrons. The molecule has 1 amide bonds. The number of piperidine rings is 1. The van der Waals surface area contributed by atoms with Gasteiger partial charge in [0.15, 0.2) is 9.84 Å². The molecule has 0 atom stereocenters. The molecule has 4 rings (SSSR count). The summed E-state index contributed by atoms with van der Waals surface area (Å²) in [6, 6.07) is 6.42. The van der Waals surface area contributed by atoms with Gasteiger partial charge in [0.25, 0.3) is 15.9 Å². The normalized spacial score (nSPS) is 20.4. The van der Waals surface area contributed by atoms with Crippen molar-refractivity contribution in [3.05, 3.63) is 34.5 Å². The smallest absolute Gasteiger partial charge is 0.263 e. The van der Waals surface area contributed by atoms with Crippen LogP contribution in [0.15, 0.2) is 38.1 Å². The maximum Gasteiger partial charge on any atom is 0.263 e. The van der Waals surface area contributed by atoms with Gasteiger partial charge in [0.05, 0.1) is 4.88 Å². The van der Waals surface area contributed by atoms with E-state index in [1.165, 1.54) is 17.4 Å². The van der Waals surface area contributed by atoms with Crippen LogP contribution in [-0.2, 0) is 19.9 Å². The molecule has 158 valence electrons. The number of nitrogens with zero attached hydrogens (tertiary/aromatic N) is 2. The van der Waals surface area contributed by atoms with Crippen molar-refractivity contribution >= 4 is 48.4 Å². The summed E-state index contributed by atoms with van der Waals surface area (Å²) in [5.41, 5.74) is -0.0615. The molecular weight excluding hydrogens is 452 g/mol. The minimum Gasteiger partial charge on any atom is -0.337 e. The first-order valence-corrected chi connectivity index (χ1v) is 14.3. The highest BCUT2D eigenvalue weighted by molar-refractivity contribution is 7.92. The number of rotatable bonds is 4. The Hall–Kier alpha value is -1.27.